The van der Waals surface area contributed by atoms with Gasteiger partial charge in [0, 0.05) is 24.7 Å². The fourth-order valence-corrected chi connectivity index (χ4v) is 3.44. The van der Waals surface area contributed by atoms with Gasteiger partial charge in [-0.2, -0.15) is 5.10 Å². The third kappa shape index (κ3) is 3.30. The lowest BCUT2D eigenvalue weighted by atomic mass is 10.3. The Morgan fingerprint density at radius 1 is 1.43 bits per heavy atom. The highest BCUT2D eigenvalue weighted by atomic mass is 32.1. The molecular formula is C16H20N4O2S. The highest BCUT2D eigenvalue weighted by molar-refractivity contribution is 7.09. The third-order valence-electron chi connectivity index (χ3n) is 4.35. The molecule has 0 spiro atoms. The van der Waals surface area contributed by atoms with Crippen molar-refractivity contribution in [2.75, 3.05) is 13.2 Å². The van der Waals surface area contributed by atoms with Crippen LogP contribution in [0.15, 0.2) is 17.6 Å². The summed E-state index contributed by atoms with van der Waals surface area (Å²) in [4.78, 5) is 19.0. The van der Waals surface area contributed by atoms with E-state index in [0.29, 0.717) is 31.2 Å². The van der Waals surface area contributed by atoms with Gasteiger partial charge in [-0.25, -0.2) is 4.98 Å². The third-order valence-corrected chi connectivity index (χ3v) is 5.12. The van der Waals surface area contributed by atoms with E-state index in [4.69, 9.17) is 4.74 Å². The lowest BCUT2D eigenvalue weighted by Gasteiger charge is -2.23. The van der Waals surface area contributed by atoms with E-state index in [1.807, 2.05) is 28.0 Å². The van der Waals surface area contributed by atoms with Gasteiger partial charge in [-0.15, -0.1) is 11.3 Å². The van der Waals surface area contributed by atoms with E-state index in [0.717, 1.165) is 17.3 Å². The van der Waals surface area contributed by atoms with Crippen molar-refractivity contribution in [3.63, 3.8) is 0 Å². The molecule has 2 aromatic rings. The van der Waals surface area contributed by atoms with Crippen LogP contribution in [0.4, 0.5) is 0 Å². The second kappa shape index (κ2) is 6.05. The molecule has 0 bridgehead atoms. The fourth-order valence-electron chi connectivity index (χ4n) is 2.86. The van der Waals surface area contributed by atoms with Crippen molar-refractivity contribution in [3.8, 4) is 0 Å². The number of aromatic nitrogens is 3. The topological polar surface area (TPSA) is 60.2 Å². The first-order valence-corrected chi connectivity index (χ1v) is 8.90. The fraction of sp³-hybridized carbons (Fsp3) is 0.562. The van der Waals surface area contributed by atoms with Gasteiger partial charge in [0.15, 0.2) is 0 Å². The summed E-state index contributed by atoms with van der Waals surface area (Å²) in [5.41, 5.74) is 1.57. The second-order valence-corrected chi connectivity index (χ2v) is 7.40. The van der Waals surface area contributed by atoms with Gasteiger partial charge in [0.05, 0.1) is 29.9 Å². The van der Waals surface area contributed by atoms with Gasteiger partial charge in [-0.1, -0.05) is 0 Å². The summed E-state index contributed by atoms with van der Waals surface area (Å²) < 4.78 is 8.02. The van der Waals surface area contributed by atoms with Gasteiger partial charge in [-0.3, -0.25) is 9.48 Å². The predicted octanol–water partition coefficient (Wildman–Crippen LogP) is 2.10. The highest BCUT2D eigenvalue weighted by Gasteiger charge is 2.29. The van der Waals surface area contributed by atoms with E-state index >= 15 is 0 Å². The van der Waals surface area contributed by atoms with Crippen LogP contribution >= 0.6 is 11.3 Å². The molecule has 1 aliphatic heterocycles. The van der Waals surface area contributed by atoms with E-state index in [-0.39, 0.29) is 12.0 Å². The smallest absolute Gasteiger partial charge is 0.273 e. The highest BCUT2D eigenvalue weighted by Crippen LogP contribution is 2.29. The molecule has 0 aromatic carbocycles. The summed E-state index contributed by atoms with van der Waals surface area (Å²) in [7, 11) is 0. The maximum atomic E-state index is 12.8. The minimum absolute atomic E-state index is 0.0135. The van der Waals surface area contributed by atoms with Gasteiger partial charge >= 0.3 is 0 Å². The number of amides is 1. The first-order chi connectivity index (χ1) is 11.2. The maximum absolute atomic E-state index is 12.8. The number of carbonyl (C=O) groups is 1. The van der Waals surface area contributed by atoms with Crippen LogP contribution in [0.5, 0.6) is 0 Å². The largest absolute Gasteiger partial charge is 0.374 e. The first kappa shape index (κ1) is 14.8. The molecule has 0 radical (unpaired) electrons. The molecule has 2 aromatic heterocycles. The van der Waals surface area contributed by atoms with Crippen molar-refractivity contribution in [1.29, 1.82) is 0 Å². The van der Waals surface area contributed by atoms with Crippen molar-refractivity contribution in [2.45, 2.75) is 39.0 Å². The lowest BCUT2D eigenvalue weighted by Crippen LogP contribution is -2.37. The Morgan fingerprint density at radius 3 is 3.04 bits per heavy atom. The molecule has 1 saturated carbocycles. The number of rotatable bonds is 4. The van der Waals surface area contributed by atoms with Crippen LogP contribution in [0.1, 0.15) is 34.0 Å². The van der Waals surface area contributed by atoms with Crippen LogP contribution < -0.4 is 0 Å². The molecule has 0 unspecified atom stereocenters. The minimum Gasteiger partial charge on any atom is -0.374 e. The number of fused-ring (bicyclic) bond motifs is 1. The van der Waals surface area contributed by atoms with E-state index in [9.17, 15) is 4.79 Å². The summed E-state index contributed by atoms with van der Waals surface area (Å²) in [6.45, 7) is 4.55. The molecular weight excluding hydrogens is 312 g/mol. The van der Waals surface area contributed by atoms with Crippen LogP contribution in [-0.2, 0) is 17.8 Å². The SMILES string of the molecule is Cc1nc(C(=O)N2Cc3ccnn3C[C@@H](OCC3CC3)C2)cs1. The van der Waals surface area contributed by atoms with Gasteiger partial charge in [-0.05, 0) is 31.7 Å². The Labute approximate surface area is 139 Å². The molecule has 4 rings (SSSR count). The van der Waals surface area contributed by atoms with E-state index in [1.165, 1.54) is 24.2 Å². The van der Waals surface area contributed by atoms with Gasteiger partial charge in [0.25, 0.3) is 5.91 Å². The van der Waals surface area contributed by atoms with Crippen molar-refractivity contribution >= 4 is 17.2 Å². The molecule has 23 heavy (non-hydrogen) atoms. The van der Waals surface area contributed by atoms with Crippen molar-refractivity contribution in [1.82, 2.24) is 19.7 Å². The van der Waals surface area contributed by atoms with Crippen LogP contribution in [0.3, 0.4) is 0 Å². The summed E-state index contributed by atoms with van der Waals surface area (Å²) in [5.74, 6) is 0.685. The summed E-state index contributed by atoms with van der Waals surface area (Å²) in [6.07, 6.45) is 4.30. The van der Waals surface area contributed by atoms with Gasteiger partial charge < -0.3 is 9.64 Å². The summed E-state index contributed by atoms with van der Waals surface area (Å²) >= 11 is 1.51. The van der Waals surface area contributed by atoms with Crippen LogP contribution in [0.2, 0.25) is 0 Å². The zero-order chi connectivity index (χ0) is 15.8. The number of hydrogen-bond donors (Lipinski definition) is 0. The average Bonchev–Trinajstić information content (AvgIpc) is 3.17. The zero-order valence-corrected chi connectivity index (χ0v) is 14.0. The standard InChI is InChI=1S/C16H20N4O2S/c1-11-18-15(10-23-11)16(21)19-6-13-4-5-17-20(13)8-14(7-19)22-9-12-2-3-12/h4-5,10,12,14H,2-3,6-9H2,1H3/t14-/m0/s1. The van der Waals surface area contributed by atoms with Crippen LogP contribution in [-0.4, -0.2) is 44.8 Å². The number of ether oxygens (including phenoxy) is 1. The Bertz CT molecular complexity index is 707. The molecule has 1 fully saturated rings. The number of aryl methyl sites for hydroxylation is 1. The minimum atomic E-state index is -0.0241. The van der Waals surface area contributed by atoms with Crippen molar-refractivity contribution < 1.29 is 9.53 Å². The Kier molecular flexibility index (Phi) is 3.90. The van der Waals surface area contributed by atoms with E-state index in [1.54, 1.807) is 6.20 Å². The second-order valence-electron chi connectivity index (χ2n) is 6.34. The number of nitrogens with zero attached hydrogens (tertiary/aromatic N) is 4. The first-order valence-electron chi connectivity index (χ1n) is 8.03. The lowest BCUT2D eigenvalue weighted by molar-refractivity contribution is 0.0135. The molecule has 0 N–H and O–H groups in total. The van der Waals surface area contributed by atoms with Gasteiger partial charge in [0.2, 0.25) is 0 Å². The Morgan fingerprint density at radius 2 is 2.30 bits per heavy atom. The summed E-state index contributed by atoms with van der Waals surface area (Å²) in [6, 6.07) is 1.97. The van der Waals surface area contributed by atoms with E-state index < -0.39 is 0 Å². The molecule has 122 valence electrons. The molecule has 7 heteroatoms. The average molecular weight is 332 g/mol. The summed E-state index contributed by atoms with van der Waals surface area (Å²) in [5, 5.41) is 7.11. The van der Waals surface area contributed by atoms with Gasteiger partial charge in [0.1, 0.15) is 5.69 Å². The molecule has 1 atom stereocenters. The number of hydrogen-bond acceptors (Lipinski definition) is 5. The monoisotopic (exact) mass is 332 g/mol. The van der Waals surface area contributed by atoms with Crippen molar-refractivity contribution in [3.05, 3.63) is 34.0 Å². The molecule has 1 aliphatic carbocycles. The van der Waals surface area contributed by atoms with Crippen LogP contribution in [0, 0.1) is 12.8 Å². The maximum Gasteiger partial charge on any atom is 0.273 e. The number of thiazole rings is 1. The molecule has 6 nitrogen and oxygen atoms in total. The molecule has 2 aliphatic rings. The predicted molar refractivity (Wildman–Crippen MR) is 86.3 cm³/mol. The molecule has 1 amide bonds. The zero-order valence-electron chi connectivity index (χ0n) is 13.1. The quantitative estimate of drug-likeness (QED) is 0.860. The normalized spacial score (nSPS) is 21.1. The van der Waals surface area contributed by atoms with Crippen LogP contribution in [0.25, 0.3) is 0 Å². The Balaban J connectivity index is 1.53. The number of carbonyl (C=O) groups excluding carboxylic acids is 1. The Hall–Kier alpha value is -1.73. The van der Waals surface area contributed by atoms with E-state index in [2.05, 4.69) is 10.1 Å². The molecule has 3 heterocycles. The molecule has 0 saturated heterocycles. The van der Waals surface area contributed by atoms with Crippen molar-refractivity contribution in [2.24, 2.45) is 5.92 Å².